The molecule has 0 spiro atoms. The van der Waals surface area contributed by atoms with Crippen molar-refractivity contribution in [2.45, 2.75) is 52.6 Å². The fourth-order valence-electron chi connectivity index (χ4n) is 4.59. The van der Waals surface area contributed by atoms with Crippen LogP contribution in [-0.4, -0.2) is 41.4 Å². The second kappa shape index (κ2) is 11.6. The van der Waals surface area contributed by atoms with E-state index in [0.29, 0.717) is 33.8 Å². The predicted octanol–water partition coefficient (Wildman–Crippen LogP) is 7.71. The Balaban J connectivity index is 1.53. The molecule has 0 radical (unpaired) electrons. The van der Waals surface area contributed by atoms with Crippen molar-refractivity contribution in [1.82, 2.24) is 9.80 Å². The van der Waals surface area contributed by atoms with Crippen LogP contribution >= 0.6 is 23.2 Å². The van der Waals surface area contributed by atoms with Crippen LogP contribution in [0.3, 0.4) is 0 Å². The van der Waals surface area contributed by atoms with Crippen LogP contribution in [0.4, 0.5) is 0 Å². The van der Waals surface area contributed by atoms with Crippen LogP contribution in [0.25, 0.3) is 11.3 Å². The highest BCUT2D eigenvalue weighted by molar-refractivity contribution is 6.35. The van der Waals surface area contributed by atoms with E-state index in [9.17, 15) is 4.79 Å². The maximum Gasteiger partial charge on any atom is 0.254 e. The summed E-state index contributed by atoms with van der Waals surface area (Å²) in [6.45, 7) is 10.1. The molecule has 3 aromatic rings. The molecule has 0 atom stereocenters. The number of benzene rings is 2. The van der Waals surface area contributed by atoms with Gasteiger partial charge in [-0.2, -0.15) is 0 Å². The fraction of sp³-hybridized carbons (Fsp3) is 0.414. The van der Waals surface area contributed by atoms with E-state index in [1.807, 2.05) is 48.2 Å². The molecule has 4 rings (SSSR count). The standard InChI is InChI=1S/C29H34Cl2N2O2/c1-20(2)12-15-32-16-13-24(14-17-32)33(29(34)22-6-4-21(3)5-7-22)19-25-9-11-28(35-25)26-18-23(30)8-10-27(26)31/h4-11,18,20,24H,12-17,19H2,1-3H3. The number of carbonyl (C=O) groups excluding carboxylic acids is 1. The van der Waals surface area contributed by atoms with Gasteiger partial charge in [-0.15, -0.1) is 0 Å². The first-order valence-corrected chi connectivity index (χ1v) is 13.2. The summed E-state index contributed by atoms with van der Waals surface area (Å²) in [6, 6.07) is 17.1. The molecule has 0 bridgehead atoms. The zero-order valence-corrected chi connectivity index (χ0v) is 22.3. The summed E-state index contributed by atoms with van der Waals surface area (Å²) in [5.41, 5.74) is 2.60. The lowest BCUT2D eigenvalue weighted by atomic mass is 10.0. The van der Waals surface area contributed by atoms with E-state index in [2.05, 4.69) is 18.7 Å². The van der Waals surface area contributed by atoms with E-state index in [-0.39, 0.29) is 11.9 Å². The summed E-state index contributed by atoms with van der Waals surface area (Å²) in [5, 5.41) is 1.18. The van der Waals surface area contributed by atoms with Gasteiger partial charge in [-0.05, 0) is 81.1 Å². The first-order chi connectivity index (χ1) is 16.8. The Kier molecular flexibility index (Phi) is 8.59. The summed E-state index contributed by atoms with van der Waals surface area (Å²) in [4.78, 5) is 18.2. The number of amides is 1. The van der Waals surface area contributed by atoms with E-state index in [0.717, 1.165) is 49.4 Å². The molecule has 4 nitrogen and oxygen atoms in total. The molecule has 1 aliphatic heterocycles. The van der Waals surface area contributed by atoms with Gasteiger partial charge in [-0.25, -0.2) is 0 Å². The Morgan fingerprint density at radius 1 is 1.06 bits per heavy atom. The van der Waals surface area contributed by atoms with E-state index < -0.39 is 0 Å². The van der Waals surface area contributed by atoms with Gasteiger partial charge >= 0.3 is 0 Å². The van der Waals surface area contributed by atoms with Gasteiger partial charge in [0.2, 0.25) is 0 Å². The third-order valence-corrected chi connectivity index (χ3v) is 7.33. The summed E-state index contributed by atoms with van der Waals surface area (Å²) < 4.78 is 6.17. The summed E-state index contributed by atoms with van der Waals surface area (Å²) in [6.07, 6.45) is 3.13. The lowest BCUT2D eigenvalue weighted by molar-refractivity contribution is 0.0527. The molecular weight excluding hydrogens is 479 g/mol. The van der Waals surface area contributed by atoms with E-state index in [1.54, 1.807) is 18.2 Å². The van der Waals surface area contributed by atoms with Crippen LogP contribution in [-0.2, 0) is 6.54 Å². The number of piperidine rings is 1. The van der Waals surface area contributed by atoms with Crippen molar-refractivity contribution >= 4 is 29.1 Å². The average molecular weight is 514 g/mol. The lowest BCUT2D eigenvalue weighted by Crippen LogP contribution is -2.47. The summed E-state index contributed by atoms with van der Waals surface area (Å²) in [7, 11) is 0. The Bertz CT molecular complexity index is 1130. The topological polar surface area (TPSA) is 36.7 Å². The van der Waals surface area contributed by atoms with Crippen molar-refractivity contribution in [3.63, 3.8) is 0 Å². The van der Waals surface area contributed by atoms with Crippen molar-refractivity contribution in [1.29, 1.82) is 0 Å². The number of hydrogen-bond acceptors (Lipinski definition) is 3. The minimum absolute atomic E-state index is 0.0457. The molecular formula is C29H34Cl2N2O2. The number of nitrogens with zero attached hydrogens (tertiary/aromatic N) is 2. The monoisotopic (exact) mass is 512 g/mol. The smallest absolute Gasteiger partial charge is 0.254 e. The number of hydrogen-bond donors (Lipinski definition) is 0. The third-order valence-electron chi connectivity index (χ3n) is 6.76. The number of rotatable bonds is 8. The maximum atomic E-state index is 13.7. The molecule has 1 aromatic heterocycles. The maximum absolute atomic E-state index is 13.7. The molecule has 1 amide bonds. The molecule has 35 heavy (non-hydrogen) atoms. The van der Waals surface area contributed by atoms with Crippen molar-refractivity contribution in [3.8, 4) is 11.3 Å². The van der Waals surface area contributed by atoms with Gasteiger partial charge in [0.25, 0.3) is 5.91 Å². The Hall–Kier alpha value is -2.27. The Morgan fingerprint density at radius 2 is 1.77 bits per heavy atom. The zero-order valence-electron chi connectivity index (χ0n) is 20.8. The molecule has 1 saturated heterocycles. The SMILES string of the molecule is Cc1ccc(C(=O)N(Cc2ccc(-c3cc(Cl)ccc3Cl)o2)C2CCN(CCC(C)C)CC2)cc1. The van der Waals surface area contributed by atoms with Crippen LogP contribution in [0, 0.1) is 12.8 Å². The van der Waals surface area contributed by atoms with Gasteiger partial charge in [0.1, 0.15) is 11.5 Å². The Morgan fingerprint density at radius 3 is 2.46 bits per heavy atom. The molecule has 0 N–H and O–H groups in total. The lowest BCUT2D eigenvalue weighted by Gasteiger charge is -2.38. The van der Waals surface area contributed by atoms with E-state index in [4.69, 9.17) is 27.6 Å². The minimum atomic E-state index is 0.0457. The van der Waals surface area contributed by atoms with E-state index >= 15 is 0 Å². The van der Waals surface area contributed by atoms with Gasteiger partial charge in [-0.3, -0.25) is 4.79 Å². The van der Waals surface area contributed by atoms with Gasteiger partial charge < -0.3 is 14.2 Å². The number of likely N-dealkylation sites (tertiary alicyclic amines) is 1. The summed E-state index contributed by atoms with van der Waals surface area (Å²) >= 11 is 12.6. The molecule has 2 aromatic carbocycles. The average Bonchev–Trinajstić information content (AvgIpc) is 3.31. The van der Waals surface area contributed by atoms with Crippen LogP contribution in [0.1, 0.15) is 54.8 Å². The first kappa shape index (κ1) is 25.8. The van der Waals surface area contributed by atoms with Gasteiger partial charge in [0, 0.05) is 35.3 Å². The van der Waals surface area contributed by atoms with Crippen LogP contribution in [0.2, 0.25) is 10.0 Å². The zero-order chi connectivity index (χ0) is 24.9. The number of aryl methyl sites for hydroxylation is 1. The Labute approximate surface area is 218 Å². The molecule has 0 unspecified atom stereocenters. The largest absolute Gasteiger partial charge is 0.459 e. The van der Waals surface area contributed by atoms with Crippen molar-refractivity contribution in [2.24, 2.45) is 5.92 Å². The van der Waals surface area contributed by atoms with Gasteiger partial charge in [0.15, 0.2) is 0 Å². The third kappa shape index (κ3) is 6.69. The number of carbonyl (C=O) groups is 1. The van der Waals surface area contributed by atoms with Crippen LogP contribution in [0.5, 0.6) is 0 Å². The highest BCUT2D eigenvalue weighted by Crippen LogP contribution is 2.32. The molecule has 6 heteroatoms. The number of furan rings is 1. The van der Waals surface area contributed by atoms with Crippen molar-refractivity contribution < 1.29 is 9.21 Å². The number of halogens is 2. The second-order valence-corrected chi connectivity index (χ2v) is 10.8. The highest BCUT2D eigenvalue weighted by Gasteiger charge is 2.29. The minimum Gasteiger partial charge on any atom is -0.459 e. The summed E-state index contributed by atoms with van der Waals surface area (Å²) in [5.74, 6) is 2.13. The van der Waals surface area contributed by atoms with Crippen molar-refractivity contribution in [2.75, 3.05) is 19.6 Å². The van der Waals surface area contributed by atoms with E-state index in [1.165, 1.54) is 6.42 Å². The normalized spacial score (nSPS) is 15.0. The molecule has 186 valence electrons. The first-order valence-electron chi connectivity index (χ1n) is 12.4. The van der Waals surface area contributed by atoms with Gasteiger partial charge in [-0.1, -0.05) is 54.7 Å². The second-order valence-electron chi connectivity index (χ2n) is 9.94. The van der Waals surface area contributed by atoms with Crippen molar-refractivity contribution in [3.05, 3.63) is 81.5 Å². The molecule has 1 aliphatic rings. The van der Waals surface area contributed by atoms with Crippen LogP contribution < -0.4 is 0 Å². The molecule has 2 heterocycles. The predicted molar refractivity (Wildman–Crippen MR) is 144 cm³/mol. The highest BCUT2D eigenvalue weighted by atomic mass is 35.5. The molecule has 0 saturated carbocycles. The quantitative estimate of drug-likeness (QED) is 0.310. The fourth-order valence-corrected chi connectivity index (χ4v) is 4.97. The van der Waals surface area contributed by atoms with Gasteiger partial charge in [0.05, 0.1) is 11.6 Å². The van der Waals surface area contributed by atoms with Crippen LogP contribution in [0.15, 0.2) is 59.0 Å². The molecule has 0 aliphatic carbocycles. The molecule has 1 fully saturated rings.